The summed E-state index contributed by atoms with van der Waals surface area (Å²) < 4.78 is 0.0338. The molecule has 1 aliphatic heterocycles. The third-order valence-electron chi connectivity index (χ3n) is 2.70. The van der Waals surface area contributed by atoms with Crippen molar-refractivity contribution in [3.63, 3.8) is 0 Å². The van der Waals surface area contributed by atoms with Crippen LogP contribution in [0.15, 0.2) is 23.2 Å². The van der Waals surface area contributed by atoms with Crippen molar-refractivity contribution in [3.8, 4) is 0 Å². The molecule has 1 unspecified atom stereocenters. The van der Waals surface area contributed by atoms with E-state index in [1.54, 1.807) is 24.4 Å². The monoisotopic (exact) mass is 326 g/mol. The number of H-pyrrole nitrogens is 1. The third-order valence-corrected chi connectivity index (χ3v) is 4.03. The van der Waals surface area contributed by atoms with E-state index < -0.39 is 30.3 Å². The molecule has 1 amide bonds. The SMILES string of the molecule is O=C(O)CC(C(=O)O)N1C(=O)/C(=C\c2ccc[nH]2)SC1=S. The van der Waals surface area contributed by atoms with Crippen LogP contribution in [0.3, 0.4) is 0 Å². The first-order valence-corrected chi connectivity index (χ1v) is 6.97. The van der Waals surface area contributed by atoms with E-state index in [0.717, 1.165) is 16.7 Å². The topological polar surface area (TPSA) is 111 Å². The highest BCUT2D eigenvalue weighted by Gasteiger charge is 2.41. The second-order valence-corrected chi connectivity index (χ2v) is 5.80. The Balaban J connectivity index is 2.29. The number of aromatic nitrogens is 1. The maximum absolute atomic E-state index is 12.2. The van der Waals surface area contributed by atoms with E-state index in [4.69, 9.17) is 22.4 Å². The molecule has 1 saturated heterocycles. The minimum atomic E-state index is -1.51. The summed E-state index contributed by atoms with van der Waals surface area (Å²) in [5.74, 6) is -3.33. The Morgan fingerprint density at radius 2 is 2.19 bits per heavy atom. The summed E-state index contributed by atoms with van der Waals surface area (Å²) in [5.41, 5.74) is 0.667. The number of carbonyl (C=O) groups is 3. The molecule has 1 aromatic rings. The van der Waals surface area contributed by atoms with E-state index in [1.165, 1.54) is 0 Å². The predicted octanol–water partition coefficient (Wildman–Crippen LogP) is 1.14. The van der Waals surface area contributed by atoms with Gasteiger partial charge in [-0.3, -0.25) is 14.5 Å². The fraction of sp³-hybridized carbons (Fsp3) is 0.167. The molecule has 7 nitrogen and oxygen atoms in total. The van der Waals surface area contributed by atoms with E-state index in [0.29, 0.717) is 5.69 Å². The van der Waals surface area contributed by atoms with Crippen LogP contribution in [0.5, 0.6) is 0 Å². The number of carbonyl (C=O) groups excluding carboxylic acids is 1. The van der Waals surface area contributed by atoms with Gasteiger partial charge in [0.2, 0.25) is 0 Å². The van der Waals surface area contributed by atoms with Gasteiger partial charge in [-0.25, -0.2) is 4.79 Å². The molecule has 2 heterocycles. The lowest BCUT2D eigenvalue weighted by atomic mass is 10.2. The molecule has 3 N–H and O–H groups in total. The molecule has 9 heteroatoms. The van der Waals surface area contributed by atoms with Gasteiger partial charge in [0.15, 0.2) is 0 Å². The van der Waals surface area contributed by atoms with Crippen molar-refractivity contribution in [3.05, 3.63) is 28.9 Å². The molecule has 1 aliphatic rings. The van der Waals surface area contributed by atoms with E-state index in [9.17, 15) is 14.4 Å². The summed E-state index contributed by atoms with van der Waals surface area (Å²) in [4.78, 5) is 38.2. The van der Waals surface area contributed by atoms with Gasteiger partial charge in [-0.1, -0.05) is 24.0 Å². The highest BCUT2D eigenvalue weighted by Crippen LogP contribution is 2.34. The van der Waals surface area contributed by atoms with Gasteiger partial charge in [0.25, 0.3) is 5.91 Å². The highest BCUT2D eigenvalue weighted by molar-refractivity contribution is 8.26. The van der Waals surface area contributed by atoms with Gasteiger partial charge in [-0.05, 0) is 18.2 Å². The van der Waals surface area contributed by atoms with Crippen LogP contribution >= 0.6 is 24.0 Å². The van der Waals surface area contributed by atoms with Crippen molar-refractivity contribution in [2.45, 2.75) is 12.5 Å². The molecule has 2 rings (SSSR count). The van der Waals surface area contributed by atoms with Crippen LogP contribution in [0.4, 0.5) is 0 Å². The van der Waals surface area contributed by atoms with Crippen LogP contribution in [-0.2, 0) is 14.4 Å². The zero-order valence-corrected chi connectivity index (χ0v) is 12.1. The van der Waals surface area contributed by atoms with Gasteiger partial charge in [0, 0.05) is 11.9 Å². The lowest BCUT2D eigenvalue weighted by Crippen LogP contribution is -2.45. The van der Waals surface area contributed by atoms with Crippen LogP contribution in [0.1, 0.15) is 12.1 Å². The second-order valence-electron chi connectivity index (χ2n) is 4.13. The number of thiocarbonyl (C=S) groups is 1. The van der Waals surface area contributed by atoms with Crippen molar-refractivity contribution in [2.24, 2.45) is 0 Å². The Bertz CT molecular complexity index is 638. The normalized spacial score (nSPS) is 18.3. The molecule has 0 bridgehead atoms. The van der Waals surface area contributed by atoms with Crippen molar-refractivity contribution < 1.29 is 24.6 Å². The van der Waals surface area contributed by atoms with Crippen molar-refractivity contribution >= 4 is 52.2 Å². The first-order valence-electron chi connectivity index (χ1n) is 5.75. The Hall–Kier alpha value is -2.13. The Kier molecular flexibility index (Phi) is 4.43. The van der Waals surface area contributed by atoms with Crippen LogP contribution in [0.25, 0.3) is 6.08 Å². The zero-order valence-electron chi connectivity index (χ0n) is 10.5. The average molecular weight is 326 g/mol. The van der Waals surface area contributed by atoms with Crippen LogP contribution in [0.2, 0.25) is 0 Å². The number of nitrogens with one attached hydrogen (secondary N) is 1. The fourth-order valence-corrected chi connectivity index (χ4v) is 3.13. The van der Waals surface area contributed by atoms with Gasteiger partial charge < -0.3 is 15.2 Å². The maximum Gasteiger partial charge on any atom is 0.327 e. The molecule has 1 aromatic heterocycles. The van der Waals surface area contributed by atoms with E-state index in [2.05, 4.69) is 4.98 Å². The largest absolute Gasteiger partial charge is 0.481 e. The molecule has 0 aromatic carbocycles. The Morgan fingerprint density at radius 1 is 1.48 bits per heavy atom. The van der Waals surface area contributed by atoms with E-state index in [-0.39, 0.29) is 9.23 Å². The van der Waals surface area contributed by atoms with Crippen LogP contribution < -0.4 is 0 Å². The molecule has 0 aliphatic carbocycles. The molecular weight excluding hydrogens is 316 g/mol. The first kappa shape index (κ1) is 15.3. The number of amides is 1. The number of carboxylic acid groups (broad SMARTS) is 2. The van der Waals surface area contributed by atoms with Gasteiger partial charge in [0.05, 0.1) is 11.3 Å². The molecule has 1 fully saturated rings. The quantitative estimate of drug-likeness (QED) is 0.549. The molecule has 1 atom stereocenters. The van der Waals surface area contributed by atoms with Crippen molar-refractivity contribution in [2.75, 3.05) is 0 Å². The smallest absolute Gasteiger partial charge is 0.327 e. The molecule has 0 spiro atoms. The molecule has 0 saturated carbocycles. The lowest BCUT2D eigenvalue weighted by molar-refractivity contribution is -0.150. The van der Waals surface area contributed by atoms with Crippen molar-refractivity contribution in [1.29, 1.82) is 0 Å². The summed E-state index contributed by atoms with van der Waals surface area (Å²) >= 11 is 5.94. The standard InChI is InChI=1S/C12H10N2O5S2/c15-9(16)5-7(11(18)19)14-10(17)8(21-12(14)20)4-6-2-1-3-13-6/h1-4,7,13H,5H2,(H,15,16)(H,18,19)/b8-4+. The molecule has 110 valence electrons. The molecule has 21 heavy (non-hydrogen) atoms. The summed E-state index contributed by atoms with van der Waals surface area (Å²) in [6.07, 6.45) is 2.51. The number of aromatic amines is 1. The highest BCUT2D eigenvalue weighted by atomic mass is 32.2. The van der Waals surface area contributed by atoms with Gasteiger partial charge in [-0.15, -0.1) is 0 Å². The predicted molar refractivity (Wildman–Crippen MR) is 79.5 cm³/mol. The van der Waals surface area contributed by atoms with Gasteiger partial charge in [0.1, 0.15) is 10.4 Å². The number of hydrogen-bond donors (Lipinski definition) is 3. The summed E-state index contributed by atoms with van der Waals surface area (Å²) in [7, 11) is 0. The van der Waals surface area contributed by atoms with Gasteiger partial charge >= 0.3 is 11.9 Å². The van der Waals surface area contributed by atoms with Crippen molar-refractivity contribution in [1.82, 2.24) is 9.88 Å². The number of rotatable bonds is 5. The number of nitrogens with zero attached hydrogens (tertiary/aromatic N) is 1. The Morgan fingerprint density at radius 3 is 2.71 bits per heavy atom. The second kappa shape index (κ2) is 6.10. The van der Waals surface area contributed by atoms with Crippen LogP contribution in [-0.4, -0.2) is 48.3 Å². The lowest BCUT2D eigenvalue weighted by Gasteiger charge is -2.21. The minimum Gasteiger partial charge on any atom is -0.481 e. The molecule has 0 radical (unpaired) electrons. The van der Waals surface area contributed by atoms with Gasteiger partial charge in [-0.2, -0.15) is 0 Å². The number of carboxylic acids is 2. The van der Waals surface area contributed by atoms with Crippen LogP contribution in [0, 0.1) is 0 Å². The average Bonchev–Trinajstić information content (AvgIpc) is 2.97. The zero-order chi connectivity index (χ0) is 15.6. The Labute approximate surface area is 128 Å². The van der Waals surface area contributed by atoms with E-state index in [1.807, 2.05) is 0 Å². The summed E-state index contributed by atoms with van der Waals surface area (Å²) in [5, 5.41) is 17.9. The fourth-order valence-electron chi connectivity index (χ4n) is 1.78. The first-order chi connectivity index (χ1) is 9.90. The number of aliphatic carboxylic acids is 2. The van der Waals surface area contributed by atoms with E-state index >= 15 is 0 Å². The molecular formula is C12H10N2O5S2. The third kappa shape index (κ3) is 3.31. The summed E-state index contributed by atoms with van der Waals surface area (Å²) in [6.45, 7) is 0. The number of thioether (sulfide) groups is 1. The maximum atomic E-state index is 12.2. The summed E-state index contributed by atoms with van der Waals surface area (Å²) in [6, 6.07) is 1.97. The number of hydrogen-bond acceptors (Lipinski definition) is 5. The minimum absolute atomic E-state index is 0.0338.